The summed E-state index contributed by atoms with van der Waals surface area (Å²) in [6, 6.07) is 6.39. The number of nitrogens with two attached hydrogens (primary N) is 1. The molecule has 0 amide bonds. The third-order valence-electron chi connectivity index (χ3n) is 3.78. The lowest BCUT2D eigenvalue weighted by Gasteiger charge is -2.14. The van der Waals surface area contributed by atoms with Crippen LogP contribution < -0.4 is 15.2 Å². The van der Waals surface area contributed by atoms with E-state index in [1.807, 2.05) is 37.6 Å². The zero-order valence-electron chi connectivity index (χ0n) is 12.5. The Balaban J connectivity index is 1.73. The fourth-order valence-corrected chi connectivity index (χ4v) is 2.36. The zero-order chi connectivity index (χ0) is 14.8. The van der Waals surface area contributed by atoms with Gasteiger partial charge < -0.3 is 19.8 Å². The van der Waals surface area contributed by atoms with Crippen molar-refractivity contribution in [1.82, 2.24) is 9.55 Å². The molecule has 3 rings (SSSR count). The molecule has 1 atom stereocenters. The first kappa shape index (κ1) is 13.9. The van der Waals surface area contributed by atoms with Crippen molar-refractivity contribution in [3.63, 3.8) is 0 Å². The number of imidazole rings is 1. The molecule has 21 heavy (non-hydrogen) atoms. The van der Waals surface area contributed by atoms with Crippen molar-refractivity contribution >= 4 is 0 Å². The van der Waals surface area contributed by atoms with Crippen LogP contribution in [0, 0.1) is 0 Å². The van der Waals surface area contributed by atoms with Crippen molar-refractivity contribution in [1.29, 1.82) is 0 Å². The molecule has 1 aliphatic carbocycles. The minimum absolute atomic E-state index is 0.0238. The van der Waals surface area contributed by atoms with Crippen LogP contribution in [-0.4, -0.2) is 16.7 Å². The van der Waals surface area contributed by atoms with E-state index in [2.05, 4.69) is 9.55 Å². The summed E-state index contributed by atoms with van der Waals surface area (Å²) < 4.78 is 13.5. The van der Waals surface area contributed by atoms with Gasteiger partial charge in [0.15, 0.2) is 11.5 Å². The number of ether oxygens (including phenoxy) is 2. The summed E-state index contributed by atoms with van der Waals surface area (Å²) in [7, 11) is 1.64. The Morgan fingerprint density at radius 3 is 2.86 bits per heavy atom. The van der Waals surface area contributed by atoms with E-state index >= 15 is 0 Å². The van der Waals surface area contributed by atoms with Crippen LogP contribution >= 0.6 is 0 Å². The van der Waals surface area contributed by atoms with E-state index < -0.39 is 0 Å². The van der Waals surface area contributed by atoms with E-state index in [4.69, 9.17) is 15.2 Å². The van der Waals surface area contributed by atoms with Crippen molar-refractivity contribution in [2.75, 3.05) is 7.11 Å². The average Bonchev–Trinajstić information content (AvgIpc) is 3.23. The summed E-state index contributed by atoms with van der Waals surface area (Å²) in [5.41, 5.74) is 8.01. The standard InChI is InChI=1S/C16H21N3O2/c1-11(17)12-3-6-15(16(7-12)20-2)21-9-14-8-18-10-19(14)13-4-5-13/h3,6-8,10-11,13H,4-5,9,17H2,1-2H3/t11-/m1/s1. The van der Waals surface area contributed by atoms with Crippen molar-refractivity contribution in [3.8, 4) is 11.5 Å². The van der Waals surface area contributed by atoms with Crippen molar-refractivity contribution in [2.24, 2.45) is 5.73 Å². The highest BCUT2D eigenvalue weighted by molar-refractivity contribution is 5.43. The smallest absolute Gasteiger partial charge is 0.161 e. The van der Waals surface area contributed by atoms with Gasteiger partial charge in [-0.15, -0.1) is 0 Å². The van der Waals surface area contributed by atoms with Gasteiger partial charge in [-0.2, -0.15) is 0 Å². The van der Waals surface area contributed by atoms with Gasteiger partial charge in [0.25, 0.3) is 0 Å². The van der Waals surface area contributed by atoms with Gasteiger partial charge in [0.1, 0.15) is 6.61 Å². The molecule has 1 aliphatic rings. The predicted molar refractivity (Wildman–Crippen MR) is 80.4 cm³/mol. The molecule has 0 radical (unpaired) electrons. The first-order chi connectivity index (χ1) is 10.2. The van der Waals surface area contributed by atoms with Crippen LogP contribution in [0.25, 0.3) is 0 Å². The summed E-state index contributed by atoms with van der Waals surface area (Å²) in [6.07, 6.45) is 6.21. The lowest BCUT2D eigenvalue weighted by atomic mass is 10.1. The predicted octanol–water partition coefficient (Wildman–Crippen LogP) is 2.83. The Kier molecular flexibility index (Phi) is 3.84. The van der Waals surface area contributed by atoms with Crippen molar-refractivity contribution in [3.05, 3.63) is 42.0 Å². The van der Waals surface area contributed by atoms with Crippen LogP contribution in [0.15, 0.2) is 30.7 Å². The molecular weight excluding hydrogens is 266 g/mol. The molecule has 1 aromatic carbocycles. The first-order valence-electron chi connectivity index (χ1n) is 7.26. The molecule has 1 saturated carbocycles. The minimum Gasteiger partial charge on any atom is -0.493 e. The molecule has 5 heteroatoms. The normalized spacial score (nSPS) is 15.8. The number of rotatable bonds is 6. The largest absolute Gasteiger partial charge is 0.493 e. The van der Waals surface area contributed by atoms with E-state index in [-0.39, 0.29) is 6.04 Å². The van der Waals surface area contributed by atoms with E-state index in [1.165, 1.54) is 12.8 Å². The Labute approximate surface area is 124 Å². The first-order valence-corrected chi connectivity index (χ1v) is 7.26. The summed E-state index contributed by atoms with van der Waals surface area (Å²) in [6.45, 7) is 2.44. The van der Waals surface area contributed by atoms with Gasteiger partial charge in [0.05, 0.1) is 25.3 Å². The quantitative estimate of drug-likeness (QED) is 0.887. The molecule has 112 valence electrons. The van der Waals surface area contributed by atoms with E-state index in [0.717, 1.165) is 17.0 Å². The maximum absolute atomic E-state index is 5.90. The third kappa shape index (κ3) is 3.03. The molecule has 0 spiro atoms. The van der Waals surface area contributed by atoms with Crippen LogP contribution in [0.3, 0.4) is 0 Å². The van der Waals surface area contributed by atoms with Crippen LogP contribution in [-0.2, 0) is 6.61 Å². The fraction of sp³-hybridized carbons (Fsp3) is 0.438. The van der Waals surface area contributed by atoms with Crippen LogP contribution in [0.1, 0.15) is 43.1 Å². The maximum atomic E-state index is 5.90. The highest BCUT2D eigenvalue weighted by atomic mass is 16.5. The van der Waals surface area contributed by atoms with Gasteiger partial charge >= 0.3 is 0 Å². The monoisotopic (exact) mass is 287 g/mol. The summed E-state index contributed by atoms with van der Waals surface area (Å²) in [5, 5.41) is 0. The fourth-order valence-electron chi connectivity index (χ4n) is 2.36. The van der Waals surface area contributed by atoms with Crippen molar-refractivity contribution < 1.29 is 9.47 Å². The van der Waals surface area contributed by atoms with Crippen LogP contribution in [0.5, 0.6) is 11.5 Å². The Morgan fingerprint density at radius 2 is 2.19 bits per heavy atom. The van der Waals surface area contributed by atoms with Crippen LogP contribution in [0.4, 0.5) is 0 Å². The van der Waals surface area contributed by atoms with Gasteiger partial charge in [0.2, 0.25) is 0 Å². The van der Waals surface area contributed by atoms with Gasteiger partial charge in [-0.3, -0.25) is 0 Å². The molecule has 1 aromatic heterocycles. The molecule has 0 bridgehead atoms. The lowest BCUT2D eigenvalue weighted by molar-refractivity contribution is 0.275. The Bertz CT molecular complexity index is 618. The average molecular weight is 287 g/mol. The minimum atomic E-state index is -0.0238. The number of benzene rings is 1. The van der Waals surface area contributed by atoms with Gasteiger partial charge in [0, 0.05) is 12.1 Å². The van der Waals surface area contributed by atoms with E-state index in [1.54, 1.807) is 7.11 Å². The Morgan fingerprint density at radius 1 is 1.38 bits per heavy atom. The topological polar surface area (TPSA) is 62.3 Å². The SMILES string of the molecule is COc1cc([C@@H](C)N)ccc1OCc1cncn1C1CC1. The van der Waals surface area contributed by atoms with Gasteiger partial charge in [-0.05, 0) is 37.5 Å². The molecule has 1 heterocycles. The van der Waals surface area contributed by atoms with Crippen LogP contribution in [0.2, 0.25) is 0 Å². The molecule has 0 unspecified atom stereocenters. The van der Waals surface area contributed by atoms with Gasteiger partial charge in [-0.1, -0.05) is 6.07 Å². The summed E-state index contributed by atoms with van der Waals surface area (Å²) >= 11 is 0. The molecular formula is C16H21N3O2. The lowest BCUT2D eigenvalue weighted by Crippen LogP contribution is -2.07. The van der Waals surface area contributed by atoms with E-state index in [9.17, 15) is 0 Å². The molecule has 2 N–H and O–H groups in total. The number of nitrogens with zero attached hydrogens (tertiary/aromatic N) is 2. The van der Waals surface area contributed by atoms with Crippen molar-refractivity contribution in [2.45, 2.75) is 38.5 Å². The second-order valence-corrected chi connectivity index (χ2v) is 5.51. The van der Waals surface area contributed by atoms with E-state index in [0.29, 0.717) is 18.4 Å². The maximum Gasteiger partial charge on any atom is 0.161 e. The third-order valence-corrected chi connectivity index (χ3v) is 3.78. The number of hydrogen-bond acceptors (Lipinski definition) is 4. The molecule has 1 fully saturated rings. The summed E-state index contributed by atoms with van der Waals surface area (Å²) in [5.74, 6) is 1.44. The highest BCUT2D eigenvalue weighted by Gasteiger charge is 2.25. The number of methoxy groups -OCH3 is 1. The summed E-state index contributed by atoms with van der Waals surface area (Å²) in [4.78, 5) is 4.21. The second kappa shape index (κ2) is 5.77. The Hall–Kier alpha value is -2.01. The molecule has 0 saturated heterocycles. The number of aromatic nitrogens is 2. The molecule has 0 aliphatic heterocycles. The molecule has 5 nitrogen and oxygen atoms in total. The molecule has 2 aromatic rings. The van der Waals surface area contributed by atoms with Gasteiger partial charge in [-0.25, -0.2) is 4.98 Å². The number of hydrogen-bond donors (Lipinski definition) is 1. The highest BCUT2D eigenvalue weighted by Crippen LogP contribution is 2.36. The second-order valence-electron chi connectivity index (χ2n) is 5.51. The zero-order valence-corrected chi connectivity index (χ0v) is 12.5.